The Morgan fingerprint density at radius 3 is 0.777 bits per heavy atom. The van der Waals surface area contributed by atoms with E-state index in [9.17, 15) is 57.5 Å². The van der Waals surface area contributed by atoms with Crippen LogP contribution in [-0.4, -0.2) is 101 Å². The number of ether oxygens (including phenoxy) is 6. The largest absolute Gasteiger partial charge is 0.497 e. The fourth-order valence-corrected chi connectivity index (χ4v) is 20.2. The standard InChI is InChI=1S/C69H53N3O9.C55H49N3O9/c1-40-14-16-43(17-15-40)68(4,5)44-18-24-49(25-19-44)79-52-30-33-55-58(37-52)65(76)70(62(55)73)47-12-9-13-48(36-47)71-63(74)56-34-31-53(38-59(56)66(71)77)80-50-26-20-45(21-27-50)69(6,7)46-22-28-51(29-23-46)81-54-32-35-57-60(39-54)67(78)72(64(57)75)61-41(2)10-8-11-42(61)3;1-32(31-57-50(60)43-24-21-39(65-6)28-45(43)52(57)62)10-7-8-27-56-49(59)42-25-22-40(29-46(42)51(56)61)66-37-17-13-35(14-18-37)55(4,5)36-15-19-38(20-16-36)67-41-23-26-44-47(30-41)54(64)58(53(44)63)48-33(2)11-9-12-34(48)3/h8-39H,1-7H3;9,11-26,28-30,32H,7-8,10,27,31H2,1-6H3. The van der Waals surface area contributed by atoms with Crippen molar-refractivity contribution in [3.05, 3.63) is 443 Å². The number of unbranched alkanes of at least 4 members (excludes halogenated alkanes) is 1. The monoisotopic (exact) mass is 1960 g/mol. The lowest BCUT2D eigenvalue weighted by Gasteiger charge is -2.26. The van der Waals surface area contributed by atoms with E-state index in [1.165, 1.54) is 50.0 Å². The fraction of sp³-hybridized carbons (Fsp3) is 0.177. The van der Waals surface area contributed by atoms with E-state index in [0.717, 1.165) is 59.9 Å². The Kier molecular flexibility index (Phi) is 25.4. The summed E-state index contributed by atoms with van der Waals surface area (Å²) in [5.74, 6) is 0.302. The van der Waals surface area contributed by atoms with E-state index in [2.05, 4.69) is 72.7 Å². The van der Waals surface area contributed by atoms with E-state index >= 15 is 0 Å². The molecular weight excluding hydrogens is 1860 g/mol. The summed E-state index contributed by atoms with van der Waals surface area (Å²) in [6, 6.07) is 93.8. The molecule has 1 unspecified atom stereocenters. The zero-order valence-corrected chi connectivity index (χ0v) is 83.7. The van der Waals surface area contributed by atoms with Crippen molar-refractivity contribution in [3.63, 3.8) is 0 Å². The van der Waals surface area contributed by atoms with E-state index in [1.807, 2.05) is 192 Å². The number of aryl methyl sites for hydroxylation is 5. The first kappa shape index (κ1) is 97.4. The van der Waals surface area contributed by atoms with Gasteiger partial charge < -0.3 is 28.4 Å². The molecule has 0 aliphatic carbocycles. The lowest BCUT2D eigenvalue weighted by atomic mass is 9.78. The van der Waals surface area contributed by atoms with Crippen LogP contribution in [0.15, 0.2) is 315 Å². The number of hydrogen-bond acceptors (Lipinski definition) is 18. The molecule has 0 saturated heterocycles. The molecule has 736 valence electrons. The third-order valence-electron chi connectivity index (χ3n) is 28.9. The van der Waals surface area contributed by atoms with Gasteiger partial charge in [-0.3, -0.25) is 67.3 Å². The first-order valence-corrected chi connectivity index (χ1v) is 48.9. The Morgan fingerprint density at radius 1 is 0.236 bits per heavy atom. The van der Waals surface area contributed by atoms with Gasteiger partial charge in [-0.25, -0.2) is 19.6 Å². The van der Waals surface area contributed by atoms with Gasteiger partial charge in [0.1, 0.15) is 63.2 Å². The molecule has 21 rings (SSSR count). The number of anilines is 4. The minimum Gasteiger partial charge on any atom is -0.497 e. The molecule has 0 aromatic heterocycles. The van der Waals surface area contributed by atoms with Crippen LogP contribution in [0.5, 0.6) is 63.2 Å². The van der Waals surface area contributed by atoms with E-state index in [1.54, 1.807) is 121 Å². The molecule has 6 aliphatic rings. The molecule has 0 N–H and O–H groups in total. The smallest absolute Gasteiger partial charge is 0.266 e. The molecule has 6 heterocycles. The van der Waals surface area contributed by atoms with Crippen molar-refractivity contribution in [3.8, 4) is 63.2 Å². The number of fused-ring (bicyclic) bond motifs is 6. The predicted octanol–water partition coefficient (Wildman–Crippen LogP) is 25.8. The van der Waals surface area contributed by atoms with Gasteiger partial charge in [0.2, 0.25) is 0 Å². The topological polar surface area (TPSA) is 280 Å². The van der Waals surface area contributed by atoms with Gasteiger partial charge in [-0.1, -0.05) is 188 Å². The highest BCUT2D eigenvalue weighted by Gasteiger charge is 2.45. The average Bonchev–Trinajstić information content (AvgIpc) is 1.61. The van der Waals surface area contributed by atoms with Crippen LogP contribution in [0.2, 0.25) is 0 Å². The number of rotatable bonds is 28. The van der Waals surface area contributed by atoms with Crippen LogP contribution in [0.4, 0.5) is 22.7 Å². The minimum absolute atomic E-state index is 0.0221. The highest BCUT2D eigenvalue weighted by molar-refractivity contribution is 6.38. The number of carbonyl (C=O) groups is 12. The zero-order valence-electron chi connectivity index (χ0n) is 83.7. The number of methoxy groups -OCH3 is 1. The number of hydrogen-bond donors (Lipinski definition) is 0. The van der Waals surface area contributed by atoms with Crippen LogP contribution in [0.25, 0.3) is 0 Å². The summed E-state index contributed by atoms with van der Waals surface area (Å²) in [6.07, 6.45) is 1.98. The number of amides is 12. The van der Waals surface area contributed by atoms with Crippen molar-refractivity contribution in [1.29, 1.82) is 0 Å². The molecule has 148 heavy (non-hydrogen) atoms. The molecule has 0 saturated carbocycles. The van der Waals surface area contributed by atoms with Crippen molar-refractivity contribution >= 4 is 93.6 Å². The zero-order chi connectivity index (χ0) is 104. The Balaban J connectivity index is 0.000000183. The minimum atomic E-state index is -0.582. The molecule has 24 heteroatoms. The molecule has 24 nitrogen and oxygen atoms in total. The number of nitrogens with zero attached hydrogens (tertiary/aromatic N) is 6. The maximum Gasteiger partial charge on any atom is 0.266 e. The molecule has 0 spiro atoms. The first-order valence-electron chi connectivity index (χ1n) is 48.9. The van der Waals surface area contributed by atoms with E-state index in [0.29, 0.717) is 138 Å². The Bertz CT molecular complexity index is 8040. The number of carbonyl (C=O) groups excluding carboxylic acids is 12. The first-order chi connectivity index (χ1) is 71.0. The molecule has 6 aliphatic heterocycles. The fourth-order valence-electron chi connectivity index (χ4n) is 20.2. The average molecular weight is 1960 g/mol. The molecular formula is C124H102N6O18. The van der Waals surface area contributed by atoms with Crippen molar-refractivity contribution in [2.45, 2.75) is 119 Å². The second-order valence-electron chi connectivity index (χ2n) is 39.7. The van der Waals surface area contributed by atoms with Gasteiger partial charge in [0.05, 0.1) is 96.6 Å². The van der Waals surface area contributed by atoms with E-state index in [4.69, 9.17) is 28.4 Å². The quantitative estimate of drug-likeness (QED) is 0.0325. The summed E-state index contributed by atoms with van der Waals surface area (Å²) in [5, 5.41) is 0. The summed E-state index contributed by atoms with van der Waals surface area (Å²) in [4.78, 5) is 169. The van der Waals surface area contributed by atoms with E-state index < -0.39 is 34.5 Å². The Labute approximate surface area is 855 Å². The SMILES string of the molecule is COc1ccc2c(c1)C(=O)N(CC(C)CCCCN1C(=O)c3ccc(Oc4ccc(C(C)(C)c5ccc(Oc6ccc7c(c6)C(=O)N(c6c(C)cccc6C)C7=O)cc5)cc4)cc3C1=O)C2=O.Cc1ccc(C(C)(C)c2ccc(Oc3ccc4c(c3)C(=O)N(c3cccc(N5C(=O)c6ccc(Oc7ccc(C(C)(C)c8ccc(Oc9ccc%10c(c9)C(=O)N(c9c(C)cccc9C)C%10=O)cc8)cc7)cc6C5=O)c3)C4=O)cc2)cc1. The third-order valence-corrected chi connectivity index (χ3v) is 28.9. The van der Waals surface area contributed by atoms with Crippen molar-refractivity contribution in [2.24, 2.45) is 5.92 Å². The van der Waals surface area contributed by atoms with Crippen molar-refractivity contribution < 1.29 is 86.0 Å². The molecule has 0 bridgehead atoms. The van der Waals surface area contributed by atoms with Gasteiger partial charge in [-0.05, 0) is 297 Å². The van der Waals surface area contributed by atoms with Crippen LogP contribution >= 0.6 is 0 Å². The highest BCUT2D eigenvalue weighted by Crippen LogP contribution is 2.46. The third kappa shape index (κ3) is 17.9. The van der Waals surface area contributed by atoms with Crippen LogP contribution < -0.4 is 48.0 Å². The molecule has 0 fully saturated rings. The van der Waals surface area contributed by atoms with E-state index in [-0.39, 0.29) is 105 Å². The summed E-state index contributed by atoms with van der Waals surface area (Å²) < 4.78 is 36.2. The molecule has 12 amide bonds. The maximum atomic E-state index is 14.1. The van der Waals surface area contributed by atoms with Crippen LogP contribution in [0.1, 0.15) is 253 Å². The molecule has 15 aromatic carbocycles. The number of para-hydroxylation sites is 2. The summed E-state index contributed by atoms with van der Waals surface area (Å²) in [5.41, 5.74) is 14.8. The van der Waals surface area contributed by atoms with Crippen LogP contribution in [0, 0.1) is 40.5 Å². The second-order valence-corrected chi connectivity index (χ2v) is 39.7. The van der Waals surface area contributed by atoms with Crippen molar-refractivity contribution in [1.82, 2.24) is 9.80 Å². The van der Waals surface area contributed by atoms with Gasteiger partial charge in [-0.2, -0.15) is 0 Å². The number of benzene rings is 15. The lowest BCUT2D eigenvalue weighted by Crippen LogP contribution is -2.34. The molecule has 15 aromatic rings. The normalized spacial score (nSPS) is 14.3. The van der Waals surface area contributed by atoms with Crippen LogP contribution in [0.3, 0.4) is 0 Å². The second kappa shape index (κ2) is 38.6. The van der Waals surface area contributed by atoms with Gasteiger partial charge in [0.25, 0.3) is 70.9 Å². The van der Waals surface area contributed by atoms with Gasteiger partial charge in [0.15, 0.2) is 0 Å². The van der Waals surface area contributed by atoms with Gasteiger partial charge in [-0.15, -0.1) is 0 Å². The Hall–Kier alpha value is -18.1. The molecule has 1 atom stereocenters. The van der Waals surface area contributed by atoms with Crippen LogP contribution in [-0.2, 0) is 16.2 Å². The predicted molar refractivity (Wildman–Crippen MR) is 562 cm³/mol. The Morgan fingerprint density at radius 2 is 0.466 bits per heavy atom. The summed E-state index contributed by atoms with van der Waals surface area (Å²) in [6.45, 7) is 24.9. The van der Waals surface area contributed by atoms with Crippen molar-refractivity contribution in [2.75, 3.05) is 39.8 Å². The van der Waals surface area contributed by atoms with Gasteiger partial charge in [0, 0.05) is 29.3 Å². The maximum absolute atomic E-state index is 14.1. The lowest BCUT2D eigenvalue weighted by molar-refractivity contribution is 0.0614. The number of imide groups is 6. The summed E-state index contributed by atoms with van der Waals surface area (Å²) >= 11 is 0. The highest BCUT2D eigenvalue weighted by atomic mass is 16.5. The summed E-state index contributed by atoms with van der Waals surface area (Å²) in [7, 11) is 1.51. The van der Waals surface area contributed by atoms with Gasteiger partial charge >= 0.3 is 0 Å². The molecule has 0 radical (unpaired) electrons.